The molecule has 0 saturated carbocycles. The lowest BCUT2D eigenvalue weighted by Gasteiger charge is -2.40. The molecule has 20 heteroatoms. The Hall–Kier alpha value is -9.05. The first-order valence-corrected chi connectivity index (χ1v) is 27.2. The molecule has 0 bridgehead atoms. The summed E-state index contributed by atoms with van der Waals surface area (Å²) in [7, 11) is 0. The largest absolute Gasteiger partial charge is 0.455 e. The first-order valence-electron chi connectivity index (χ1n) is 27.2. The van der Waals surface area contributed by atoms with E-state index in [4.69, 9.17) is 38.6 Å². The predicted molar refractivity (Wildman–Crippen MR) is 291 cm³/mol. The lowest BCUT2D eigenvalue weighted by Crippen LogP contribution is -2.49. The van der Waals surface area contributed by atoms with E-state index in [1.807, 2.05) is 91.0 Å². The third-order valence-corrected chi connectivity index (χ3v) is 17.4. The molecular weight excluding hydrogens is 1050 g/mol. The molecule has 0 aliphatic carbocycles. The first-order chi connectivity index (χ1) is 39.5. The van der Waals surface area contributed by atoms with E-state index in [1.165, 1.54) is 25.8 Å². The Balaban J connectivity index is 0.889. The van der Waals surface area contributed by atoms with Gasteiger partial charge in [-0.2, -0.15) is 0 Å². The Morgan fingerprint density at radius 2 is 0.817 bits per heavy atom. The Morgan fingerprint density at radius 1 is 0.488 bits per heavy atom. The van der Waals surface area contributed by atoms with E-state index in [-0.39, 0.29) is 72.3 Å². The van der Waals surface area contributed by atoms with Crippen molar-refractivity contribution < 1.29 is 53.4 Å². The zero-order chi connectivity index (χ0) is 56.5. The monoisotopic (exact) mass is 1100 g/mol. The van der Waals surface area contributed by atoms with Gasteiger partial charge in [0.15, 0.2) is 23.1 Å². The summed E-state index contributed by atoms with van der Waals surface area (Å²) in [5.74, 6) is -3.53. The van der Waals surface area contributed by atoms with Gasteiger partial charge in [0.2, 0.25) is 12.6 Å². The summed E-state index contributed by atoms with van der Waals surface area (Å²) in [6.07, 6.45) is -9.10. The fourth-order valence-corrected chi connectivity index (χ4v) is 12.9. The number of cyclic esters (lactones) is 3. The SMILES string of the molecule is CC[C@@]1(O)C(=O)OC(CC(OC2OC(=O)[C@](O)(CC)c3cc4n(c(=O)c32)Cc2cc3ccccc3nc2-4)OC2OC(=O)[C@](O)(CC)c3cc4n(c(=O)c32)Cc2cc3ccccc3nc2-4)c2c1cc1n(c2=O)Cc2cc3ccccc3nc2-1. The maximum atomic E-state index is 15.3. The molecule has 0 saturated heterocycles. The smallest absolute Gasteiger partial charge is 0.345 e. The molecule has 15 rings (SSSR count). The minimum absolute atomic E-state index is 0.0391. The number of rotatable bonds is 9. The van der Waals surface area contributed by atoms with Crippen LogP contribution in [-0.2, 0) is 74.5 Å². The van der Waals surface area contributed by atoms with Crippen molar-refractivity contribution in [2.24, 2.45) is 0 Å². The minimum Gasteiger partial charge on any atom is -0.455 e. The lowest BCUT2D eigenvalue weighted by atomic mass is 9.82. The summed E-state index contributed by atoms with van der Waals surface area (Å²) < 4.78 is 35.6. The van der Waals surface area contributed by atoms with Crippen molar-refractivity contribution in [1.29, 1.82) is 0 Å². The highest BCUT2D eigenvalue weighted by atomic mass is 16.8. The Labute approximate surface area is 463 Å². The number of fused-ring (bicyclic) bond motifs is 15. The van der Waals surface area contributed by atoms with Crippen LogP contribution in [0.5, 0.6) is 0 Å². The van der Waals surface area contributed by atoms with Crippen LogP contribution < -0.4 is 16.7 Å². The molecule has 0 amide bonds. The number of ether oxygens (including phenoxy) is 5. The minimum atomic E-state index is -2.38. The van der Waals surface area contributed by atoms with Gasteiger partial charge < -0.3 is 52.7 Å². The van der Waals surface area contributed by atoms with Gasteiger partial charge in [-0.25, -0.2) is 29.3 Å². The number of aliphatic hydroxyl groups is 3. The fourth-order valence-electron chi connectivity index (χ4n) is 12.9. The number of carbonyl (C=O) groups is 3. The van der Waals surface area contributed by atoms with Gasteiger partial charge in [0.1, 0.15) is 6.10 Å². The third-order valence-electron chi connectivity index (χ3n) is 17.4. The molecule has 3 unspecified atom stereocenters. The number of esters is 3. The third kappa shape index (κ3) is 6.86. The van der Waals surface area contributed by atoms with Crippen molar-refractivity contribution in [2.45, 2.75) is 108 Å². The highest BCUT2D eigenvalue weighted by Crippen LogP contribution is 2.49. The number of para-hydroxylation sites is 3. The van der Waals surface area contributed by atoms with Crippen molar-refractivity contribution in [3.63, 3.8) is 0 Å². The van der Waals surface area contributed by atoms with Crippen LogP contribution in [0.25, 0.3) is 66.9 Å². The van der Waals surface area contributed by atoms with Gasteiger partial charge in [-0.05, 0) is 73.9 Å². The highest BCUT2D eigenvalue weighted by Gasteiger charge is 2.55. The van der Waals surface area contributed by atoms with Crippen LogP contribution in [0.1, 0.15) is 115 Å². The molecule has 410 valence electrons. The Kier molecular flexibility index (Phi) is 10.6. The standard InChI is InChI=1S/C62H48N6O14/c1-4-60(75)35-22-41-49-32(19-29-13-7-10-16-38(29)63-49)26-66(41)52(69)46(35)44(78-57(60)72)25-45(79-55-47-36(61(76,5-2)58(73)81-55)23-42-50-33(27-67(42)53(47)70)20-30-14-8-11-17-39(30)64-50)80-56-48-37(62(77,6-3)59(74)82-56)24-43-51-34(28-68(43)54(48)71)21-31-15-9-12-18-40(31)65-51/h7-24,44-45,55-56,75-77H,4-6,25-28H2,1-3H3/t44?,45?,55?,56?,60-,61-,62-/m0/s1. The molecule has 3 aromatic carbocycles. The number of aromatic nitrogens is 6. The molecule has 0 fully saturated rings. The van der Waals surface area contributed by atoms with Crippen LogP contribution >= 0.6 is 0 Å². The topological polar surface area (TPSA) is 263 Å². The number of hydrogen-bond acceptors (Lipinski definition) is 17. The van der Waals surface area contributed by atoms with Crippen molar-refractivity contribution in [1.82, 2.24) is 28.7 Å². The van der Waals surface area contributed by atoms with Crippen LogP contribution in [-0.4, -0.2) is 68.2 Å². The van der Waals surface area contributed by atoms with Gasteiger partial charge in [0.05, 0.1) is 87.0 Å². The Morgan fingerprint density at radius 3 is 1.18 bits per heavy atom. The summed E-state index contributed by atoms with van der Waals surface area (Å²) >= 11 is 0. The van der Waals surface area contributed by atoms with E-state index < -0.39 is 82.8 Å². The average molecular weight is 1100 g/mol. The van der Waals surface area contributed by atoms with Crippen molar-refractivity contribution in [3.8, 4) is 34.2 Å². The average Bonchev–Trinajstić information content (AvgIpc) is 2.93. The lowest BCUT2D eigenvalue weighted by molar-refractivity contribution is -0.308. The van der Waals surface area contributed by atoms with E-state index in [2.05, 4.69) is 0 Å². The summed E-state index contributed by atoms with van der Waals surface area (Å²) in [4.78, 5) is 104. The molecule has 6 atom stereocenters. The van der Waals surface area contributed by atoms with Crippen LogP contribution in [0.4, 0.5) is 0 Å². The highest BCUT2D eigenvalue weighted by molar-refractivity contribution is 5.90. The van der Waals surface area contributed by atoms with Gasteiger partial charge >= 0.3 is 17.9 Å². The van der Waals surface area contributed by atoms with Gasteiger partial charge in [-0.15, -0.1) is 0 Å². The Bertz CT molecular complexity index is 4150. The van der Waals surface area contributed by atoms with Gasteiger partial charge in [-0.1, -0.05) is 75.4 Å². The van der Waals surface area contributed by atoms with Crippen molar-refractivity contribution >= 4 is 50.6 Å². The maximum absolute atomic E-state index is 15.3. The second kappa shape index (κ2) is 17.5. The normalized spacial score (nSPS) is 23.6. The summed E-state index contributed by atoms with van der Waals surface area (Å²) in [6.45, 7) is 4.78. The second-order valence-corrected chi connectivity index (χ2v) is 21.8. The predicted octanol–water partition coefficient (Wildman–Crippen LogP) is 6.55. The van der Waals surface area contributed by atoms with E-state index in [1.54, 1.807) is 26.8 Å². The molecule has 0 radical (unpaired) electrons. The van der Waals surface area contributed by atoms with E-state index in [0.29, 0.717) is 67.4 Å². The molecule has 6 aliphatic rings. The summed E-state index contributed by atoms with van der Waals surface area (Å²) in [5.41, 5.74) is -4.01. The number of carbonyl (C=O) groups excluding carboxylic acids is 3. The maximum Gasteiger partial charge on any atom is 0.345 e. The number of benzene rings is 3. The number of hydrogen-bond donors (Lipinski definition) is 3. The second-order valence-electron chi connectivity index (χ2n) is 21.8. The number of nitrogens with zero attached hydrogens (tertiary/aromatic N) is 6. The van der Waals surface area contributed by atoms with Crippen LogP contribution in [0.3, 0.4) is 0 Å². The van der Waals surface area contributed by atoms with Gasteiger partial charge in [0, 0.05) is 56.0 Å². The molecule has 6 aliphatic heterocycles. The van der Waals surface area contributed by atoms with E-state index in [9.17, 15) is 29.7 Å². The van der Waals surface area contributed by atoms with Crippen molar-refractivity contribution in [3.05, 3.63) is 190 Å². The van der Waals surface area contributed by atoms with E-state index in [0.717, 1.165) is 16.2 Å². The molecule has 6 aromatic heterocycles. The summed E-state index contributed by atoms with van der Waals surface area (Å²) in [5, 5.41) is 39.2. The van der Waals surface area contributed by atoms with Gasteiger partial charge in [-0.3, -0.25) is 14.4 Å². The van der Waals surface area contributed by atoms with Crippen molar-refractivity contribution in [2.75, 3.05) is 0 Å². The molecular formula is C62H48N6O14. The zero-order valence-electron chi connectivity index (χ0n) is 44.2. The summed E-state index contributed by atoms with van der Waals surface area (Å²) in [6, 6.07) is 32.6. The van der Waals surface area contributed by atoms with E-state index >= 15 is 14.4 Å². The molecule has 20 nitrogen and oxygen atoms in total. The number of pyridine rings is 6. The zero-order valence-corrected chi connectivity index (χ0v) is 44.2. The van der Waals surface area contributed by atoms with Gasteiger partial charge in [0.25, 0.3) is 16.7 Å². The van der Waals surface area contributed by atoms with Crippen LogP contribution in [0.15, 0.2) is 124 Å². The molecule has 9 aromatic rings. The molecule has 12 heterocycles. The first kappa shape index (κ1) is 50.0. The fraction of sp³-hybridized carbons (Fsp3) is 0.274. The molecule has 0 spiro atoms. The molecule has 82 heavy (non-hydrogen) atoms. The molecule has 3 N–H and O–H groups in total. The van der Waals surface area contributed by atoms with Crippen LogP contribution in [0.2, 0.25) is 0 Å². The van der Waals surface area contributed by atoms with Crippen LogP contribution in [0, 0.1) is 0 Å². The quantitative estimate of drug-likeness (QED) is 0.0786.